The van der Waals surface area contributed by atoms with E-state index in [1.807, 2.05) is 26.8 Å². The summed E-state index contributed by atoms with van der Waals surface area (Å²) in [7, 11) is 0. The number of hydrogen-bond donors (Lipinski definition) is 0. The molecule has 0 N–H and O–H groups in total. The van der Waals surface area contributed by atoms with Crippen LogP contribution in [0.2, 0.25) is 5.15 Å². The summed E-state index contributed by atoms with van der Waals surface area (Å²) in [5.74, 6) is 0.401. The van der Waals surface area contributed by atoms with Crippen LogP contribution in [-0.4, -0.2) is 39.9 Å². The van der Waals surface area contributed by atoms with E-state index in [2.05, 4.69) is 10.2 Å². The Morgan fingerprint density at radius 1 is 1.45 bits per heavy atom. The van der Waals surface area contributed by atoms with Gasteiger partial charge in [0.2, 0.25) is 0 Å². The molecule has 6 heteroatoms. The van der Waals surface area contributed by atoms with E-state index in [1.165, 1.54) is 0 Å². The number of carbonyl (C=O) groups excluding carboxylic acids is 1. The molecule has 0 aromatic carbocycles. The molecule has 1 aliphatic heterocycles. The van der Waals surface area contributed by atoms with E-state index < -0.39 is 5.60 Å². The van der Waals surface area contributed by atoms with Crippen LogP contribution in [0.25, 0.3) is 0 Å². The molecule has 0 unspecified atom stereocenters. The van der Waals surface area contributed by atoms with Gasteiger partial charge in [-0.15, -0.1) is 5.10 Å². The minimum Gasteiger partial charge on any atom is -0.444 e. The summed E-state index contributed by atoms with van der Waals surface area (Å²) in [5.41, 5.74) is 0.460. The Morgan fingerprint density at radius 2 is 2.20 bits per heavy atom. The second-order valence-electron chi connectivity index (χ2n) is 6.13. The van der Waals surface area contributed by atoms with Crippen LogP contribution < -0.4 is 0 Å². The van der Waals surface area contributed by atoms with E-state index in [-0.39, 0.29) is 6.09 Å². The fourth-order valence-corrected chi connectivity index (χ4v) is 2.34. The number of aromatic nitrogens is 2. The first-order valence-electron chi connectivity index (χ1n) is 6.79. The third-order valence-corrected chi connectivity index (χ3v) is 3.32. The SMILES string of the molecule is CC(C)(C)OC(=O)N1CC[C@@H](Cc2ccc(Cl)nn2)C1. The molecule has 1 fully saturated rings. The molecule has 0 bridgehead atoms. The second-order valence-corrected chi connectivity index (χ2v) is 6.52. The molecule has 0 aliphatic carbocycles. The van der Waals surface area contributed by atoms with E-state index in [0.29, 0.717) is 17.6 Å². The fourth-order valence-electron chi connectivity index (χ4n) is 2.24. The van der Waals surface area contributed by atoms with Gasteiger partial charge in [-0.2, -0.15) is 5.10 Å². The zero-order valence-corrected chi connectivity index (χ0v) is 12.9. The van der Waals surface area contributed by atoms with Crippen LogP contribution in [0.4, 0.5) is 4.79 Å². The Hall–Kier alpha value is -1.36. The fraction of sp³-hybridized carbons (Fsp3) is 0.643. The lowest BCUT2D eigenvalue weighted by molar-refractivity contribution is 0.0288. The van der Waals surface area contributed by atoms with Gasteiger partial charge in [0.05, 0.1) is 5.69 Å². The van der Waals surface area contributed by atoms with Crippen molar-refractivity contribution in [3.8, 4) is 0 Å². The van der Waals surface area contributed by atoms with Crippen molar-refractivity contribution in [2.45, 2.75) is 39.2 Å². The van der Waals surface area contributed by atoms with E-state index in [9.17, 15) is 4.79 Å². The van der Waals surface area contributed by atoms with Crippen LogP contribution in [0.1, 0.15) is 32.9 Å². The molecule has 0 spiro atoms. The quantitative estimate of drug-likeness (QED) is 0.842. The van der Waals surface area contributed by atoms with Crippen LogP contribution in [0.5, 0.6) is 0 Å². The summed E-state index contributed by atoms with van der Waals surface area (Å²) in [5, 5.41) is 8.29. The zero-order chi connectivity index (χ0) is 14.8. The van der Waals surface area contributed by atoms with Crippen molar-refractivity contribution >= 4 is 17.7 Å². The molecule has 0 radical (unpaired) electrons. The lowest BCUT2D eigenvalue weighted by Crippen LogP contribution is -2.35. The van der Waals surface area contributed by atoms with Gasteiger partial charge in [0.25, 0.3) is 0 Å². The summed E-state index contributed by atoms with van der Waals surface area (Å²) in [6, 6.07) is 3.62. The number of ether oxygens (including phenoxy) is 1. The van der Waals surface area contributed by atoms with Crippen molar-refractivity contribution in [1.82, 2.24) is 15.1 Å². The molecule has 2 heterocycles. The Kier molecular flexibility index (Phi) is 4.48. The van der Waals surface area contributed by atoms with Crippen molar-refractivity contribution < 1.29 is 9.53 Å². The smallest absolute Gasteiger partial charge is 0.410 e. The van der Waals surface area contributed by atoms with Gasteiger partial charge in [-0.25, -0.2) is 4.79 Å². The second kappa shape index (κ2) is 5.95. The highest BCUT2D eigenvalue weighted by Gasteiger charge is 2.29. The highest BCUT2D eigenvalue weighted by molar-refractivity contribution is 6.29. The zero-order valence-electron chi connectivity index (χ0n) is 12.1. The largest absolute Gasteiger partial charge is 0.444 e. The van der Waals surface area contributed by atoms with E-state index in [4.69, 9.17) is 16.3 Å². The molecule has 20 heavy (non-hydrogen) atoms. The predicted octanol–water partition coefficient (Wildman–Crippen LogP) is 2.93. The number of halogens is 1. The minimum absolute atomic E-state index is 0.234. The molecule has 0 saturated carbocycles. The van der Waals surface area contributed by atoms with Crippen LogP contribution >= 0.6 is 11.6 Å². The maximum atomic E-state index is 12.0. The Bertz CT molecular complexity index is 470. The summed E-state index contributed by atoms with van der Waals surface area (Å²) in [4.78, 5) is 13.7. The molecule has 1 atom stereocenters. The average Bonchev–Trinajstić information content (AvgIpc) is 2.79. The van der Waals surface area contributed by atoms with Crippen molar-refractivity contribution in [3.63, 3.8) is 0 Å². The first kappa shape index (κ1) is 15.0. The predicted molar refractivity (Wildman–Crippen MR) is 76.7 cm³/mol. The molecular formula is C14H20ClN3O2. The summed E-state index contributed by atoms with van der Waals surface area (Å²) in [6.07, 6.45) is 1.54. The van der Waals surface area contributed by atoms with Gasteiger partial charge in [-0.1, -0.05) is 11.6 Å². The normalized spacial score (nSPS) is 19.2. The third kappa shape index (κ3) is 4.34. The van der Waals surface area contributed by atoms with Crippen molar-refractivity contribution in [2.75, 3.05) is 13.1 Å². The van der Waals surface area contributed by atoms with Gasteiger partial charge >= 0.3 is 6.09 Å². The van der Waals surface area contributed by atoms with E-state index >= 15 is 0 Å². The van der Waals surface area contributed by atoms with Gasteiger partial charge in [0.1, 0.15) is 5.60 Å². The average molecular weight is 298 g/mol. The lowest BCUT2D eigenvalue weighted by Gasteiger charge is -2.24. The first-order valence-corrected chi connectivity index (χ1v) is 7.17. The van der Waals surface area contributed by atoms with Crippen LogP contribution in [0.3, 0.4) is 0 Å². The molecule has 1 aromatic heterocycles. The molecular weight excluding hydrogens is 278 g/mol. The molecule has 1 saturated heterocycles. The highest BCUT2D eigenvalue weighted by Crippen LogP contribution is 2.22. The first-order chi connectivity index (χ1) is 9.33. The Morgan fingerprint density at radius 3 is 2.80 bits per heavy atom. The van der Waals surface area contributed by atoms with Crippen molar-refractivity contribution in [1.29, 1.82) is 0 Å². The molecule has 2 rings (SSSR count). The maximum Gasteiger partial charge on any atom is 0.410 e. The molecule has 1 aromatic rings. The van der Waals surface area contributed by atoms with E-state index in [1.54, 1.807) is 11.0 Å². The minimum atomic E-state index is -0.448. The van der Waals surface area contributed by atoms with Gasteiger partial charge in [0, 0.05) is 13.1 Å². The number of rotatable bonds is 2. The topological polar surface area (TPSA) is 55.3 Å². The number of nitrogens with zero attached hydrogens (tertiary/aromatic N) is 3. The Labute approximate surface area is 124 Å². The van der Waals surface area contributed by atoms with Gasteiger partial charge in [-0.05, 0) is 51.7 Å². The van der Waals surface area contributed by atoms with Gasteiger partial charge in [-0.3, -0.25) is 0 Å². The molecule has 1 amide bonds. The number of hydrogen-bond acceptors (Lipinski definition) is 4. The lowest BCUT2D eigenvalue weighted by atomic mass is 10.0. The van der Waals surface area contributed by atoms with Gasteiger partial charge in [0.15, 0.2) is 5.15 Å². The van der Waals surface area contributed by atoms with E-state index in [0.717, 1.165) is 25.1 Å². The van der Waals surface area contributed by atoms with Crippen LogP contribution in [0.15, 0.2) is 12.1 Å². The van der Waals surface area contributed by atoms with Crippen molar-refractivity contribution in [3.05, 3.63) is 23.0 Å². The Balaban J connectivity index is 1.86. The monoisotopic (exact) mass is 297 g/mol. The van der Waals surface area contributed by atoms with Crippen molar-refractivity contribution in [2.24, 2.45) is 5.92 Å². The molecule has 110 valence electrons. The van der Waals surface area contributed by atoms with Gasteiger partial charge < -0.3 is 9.64 Å². The number of amides is 1. The summed E-state index contributed by atoms with van der Waals surface area (Å²) < 4.78 is 5.38. The summed E-state index contributed by atoms with van der Waals surface area (Å²) in [6.45, 7) is 7.07. The number of carbonyl (C=O) groups is 1. The third-order valence-electron chi connectivity index (χ3n) is 3.12. The summed E-state index contributed by atoms with van der Waals surface area (Å²) >= 11 is 5.71. The van der Waals surface area contributed by atoms with Crippen LogP contribution in [-0.2, 0) is 11.2 Å². The highest BCUT2D eigenvalue weighted by atomic mass is 35.5. The standard InChI is InChI=1S/C14H20ClN3O2/c1-14(2,3)20-13(19)18-7-6-10(9-18)8-11-4-5-12(15)17-16-11/h4-5,10H,6-9H2,1-3H3/t10-/m0/s1. The number of likely N-dealkylation sites (tertiary alicyclic amines) is 1. The van der Waals surface area contributed by atoms with Crippen LogP contribution in [0, 0.1) is 5.92 Å². The molecule has 5 nitrogen and oxygen atoms in total. The molecule has 1 aliphatic rings. The maximum absolute atomic E-state index is 12.0.